The first-order valence-corrected chi connectivity index (χ1v) is 10.5. The van der Waals surface area contributed by atoms with Gasteiger partial charge in [0.1, 0.15) is 11.5 Å². The molecule has 1 unspecified atom stereocenters. The second-order valence-electron chi connectivity index (χ2n) is 7.41. The number of methoxy groups -OCH3 is 1. The van der Waals surface area contributed by atoms with E-state index in [-0.39, 0.29) is 5.69 Å². The fraction of sp³-hybridized carbons (Fsp3) is 0.391. The number of alkyl halides is 3. The van der Waals surface area contributed by atoms with Crippen LogP contribution in [0.3, 0.4) is 0 Å². The van der Waals surface area contributed by atoms with Gasteiger partial charge in [0, 0.05) is 13.1 Å². The average molecular weight is 482 g/mol. The Kier molecular flexibility index (Phi) is 8.21. The number of hydrogen-bond donors (Lipinski definition) is 1. The Hall–Kier alpha value is -3.47. The van der Waals surface area contributed by atoms with Gasteiger partial charge in [-0.25, -0.2) is 4.79 Å². The second kappa shape index (κ2) is 11.1. The number of hydrogen-bond acceptors (Lipinski definition) is 7. The van der Waals surface area contributed by atoms with Gasteiger partial charge in [0.2, 0.25) is 0 Å². The van der Waals surface area contributed by atoms with Gasteiger partial charge in [-0.1, -0.05) is 0 Å². The quantitative estimate of drug-likeness (QED) is 0.577. The van der Waals surface area contributed by atoms with E-state index in [1.165, 1.54) is 20.1 Å². The minimum atomic E-state index is -4.58. The standard InChI is InChI=1S/C23H25F3N2O6/c1-15(34-21(29)14-33-18-6-4-17(31-2)5-7-18)22(30)27-19-13-16(23(24,25)26)3-8-20(19)28-9-11-32-12-10-28/h3-8,13,15H,9-12,14H2,1-2H3,(H,27,30). The lowest BCUT2D eigenvalue weighted by Gasteiger charge is -2.31. The van der Waals surface area contributed by atoms with Crippen molar-refractivity contribution >= 4 is 23.3 Å². The molecular formula is C23H25F3N2O6. The predicted octanol–water partition coefficient (Wildman–Crippen LogP) is 3.50. The summed E-state index contributed by atoms with van der Waals surface area (Å²) < 4.78 is 60.4. The van der Waals surface area contributed by atoms with Crippen molar-refractivity contribution in [2.75, 3.05) is 50.2 Å². The SMILES string of the molecule is COc1ccc(OCC(=O)OC(C)C(=O)Nc2cc(C(F)(F)F)ccc2N2CCOCC2)cc1. The number of halogens is 3. The lowest BCUT2D eigenvalue weighted by molar-refractivity contribution is -0.155. The predicted molar refractivity (Wildman–Crippen MR) is 117 cm³/mol. The van der Waals surface area contributed by atoms with Crippen LogP contribution < -0.4 is 19.7 Å². The molecule has 2 aromatic rings. The van der Waals surface area contributed by atoms with E-state index in [0.29, 0.717) is 43.5 Å². The van der Waals surface area contributed by atoms with Gasteiger partial charge in [0.05, 0.1) is 37.3 Å². The lowest BCUT2D eigenvalue weighted by Crippen LogP contribution is -2.37. The topological polar surface area (TPSA) is 86.3 Å². The van der Waals surface area contributed by atoms with Crippen LogP contribution in [-0.4, -0.2) is 58.0 Å². The van der Waals surface area contributed by atoms with Gasteiger partial charge >= 0.3 is 12.1 Å². The molecule has 3 rings (SSSR count). The van der Waals surface area contributed by atoms with Gasteiger partial charge in [0.25, 0.3) is 5.91 Å². The van der Waals surface area contributed by atoms with Crippen LogP contribution in [0.4, 0.5) is 24.5 Å². The first kappa shape index (κ1) is 25.2. The maximum atomic E-state index is 13.2. The fourth-order valence-electron chi connectivity index (χ4n) is 3.23. The zero-order chi connectivity index (χ0) is 24.7. The fourth-order valence-corrected chi connectivity index (χ4v) is 3.23. The molecule has 11 heteroatoms. The molecule has 1 atom stereocenters. The number of ether oxygens (including phenoxy) is 4. The van der Waals surface area contributed by atoms with Crippen molar-refractivity contribution in [1.29, 1.82) is 0 Å². The Labute approximate surface area is 194 Å². The number of carbonyl (C=O) groups excluding carboxylic acids is 2. The number of benzene rings is 2. The third-order valence-electron chi connectivity index (χ3n) is 5.03. The summed E-state index contributed by atoms with van der Waals surface area (Å²) in [7, 11) is 1.52. The highest BCUT2D eigenvalue weighted by atomic mass is 19.4. The number of morpholine rings is 1. The van der Waals surface area contributed by atoms with Crippen LogP contribution in [0.2, 0.25) is 0 Å². The third kappa shape index (κ3) is 6.77. The van der Waals surface area contributed by atoms with E-state index >= 15 is 0 Å². The summed E-state index contributed by atoms with van der Waals surface area (Å²) >= 11 is 0. The van der Waals surface area contributed by atoms with E-state index in [0.717, 1.165) is 12.1 Å². The lowest BCUT2D eigenvalue weighted by atomic mass is 10.1. The molecule has 34 heavy (non-hydrogen) atoms. The van der Waals surface area contributed by atoms with Crippen molar-refractivity contribution in [3.8, 4) is 11.5 Å². The molecule has 8 nitrogen and oxygen atoms in total. The highest BCUT2D eigenvalue weighted by Gasteiger charge is 2.32. The number of nitrogens with zero attached hydrogens (tertiary/aromatic N) is 1. The van der Waals surface area contributed by atoms with Crippen LogP contribution in [-0.2, 0) is 25.2 Å². The monoisotopic (exact) mass is 482 g/mol. The summed E-state index contributed by atoms with van der Waals surface area (Å²) in [6, 6.07) is 9.63. The third-order valence-corrected chi connectivity index (χ3v) is 5.03. The molecule has 184 valence electrons. The van der Waals surface area contributed by atoms with Crippen LogP contribution in [0.25, 0.3) is 0 Å². The number of nitrogens with one attached hydrogen (secondary N) is 1. The van der Waals surface area contributed by atoms with Gasteiger partial charge in [-0.3, -0.25) is 4.79 Å². The molecule has 1 N–H and O–H groups in total. The Morgan fingerprint density at radius 1 is 1.09 bits per heavy atom. The molecule has 1 saturated heterocycles. The Bertz CT molecular complexity index is 991. The summed E-state index contributed by atoms with van der Waals surface area (Å²) in [5.74, 6) is -0.567. The van der Waals surface area contributed by atoms with Crippen LogP contribution in [0, 0.1) is 0 Å². The average Bonchev–Trinajstić information content (AvgIpc) is 2.83. The molecule has 0 aliphatic carbocycles. The van der Waals surface area contributed by atoms with Gasteiger partial charge < -0.3 is 29.2 Å². The summed E-state index contributed by atoms with van der Waals surface area (Å²) in [6.45, 7) is 2.62. The number of anilines is 2. The van der Waals surface area contributed by atoms with E-state index < -0.39 is 36.3 Å². The van der Waals surface area contributed by atoms with Gasteiger partial charge in [0.15, 0.2) is 12.7 Å². The number of amides is 1. The minimum Gasteiger partial charge on any atom is -0.497 e. The van der Waals surface area contributed by atoms with Crippen molar-refractivity contribution in [2.45, 2.75) is 19.2 Å². The number of carbonyl (C=O) groups is 2. The molecule has 1 amide bonds. The zero-order valence-electron chi connectivity index (χ0n) is 18.7. The second-order valence-corrected chi connectivity index (χ2v) is 7.41. The maximum absolute atomic E-state index is 13.2. The van der Waals surface area contributed by atoms with Crippen molar-refractivity contribution in [3.63, 3.8) is 0 Å². The molecule has 1 fully saturated rings. The number of rotatable bonds is 8. The molecule has 0 bridgehead atoms. The van der Waals surface area contributed by atoms with Gasteiger partial charge in [-0.2, -0.15) is 13.2 Å². The summed E-state index contributed by atoms with van der Waals surface area (Å²) in [6.07, 6.45) is -5.85. The molecular weight excluding hydrogens is 457 g/mol. The van der Waals surface area contributed by atoms with E-state index in [2.05, 4.69) is 5.32 Å². The van der Waals surface area contributed by atoms with E-state index in [4.69, 9.17) is 18.9 Å². The van der Waals surface area contributed by atoms with Crippen molar-refractivity contribution in [1.82, 2.24) is 0 Å². The van der Waals surface area contributed by atoms with Crippen molar-refractivity contribution < 1.29 is 41.7 Å². The minimum absolute atomic E-state index is 0.0286. The zero-order valence-corrected chi connectivity index (χ0v) is 18.7. The molecule has 2 aromatic carbocycles. The molecule has 1 aliphatic heterocycles. The summed E-state index contributed by atoms with van der Waals surface area (Å²) in [4.78, 5) is 26.5. The van der Waals surface area contributed by atoms with Crippen LogP contribution in [0.15, 0.2) is 42.5 Å². The smallest absolute Gasteiger partial charge is 0.416 e. The Morgan fingerprint density at radius 3 is 2.35 bits per heavy atom. The Morgan fingerprint density at radius 2 is 1.74 bits per heavy atom. The highest BCUT2D eigenvalue weighted by molar-refractivity contribution is 5.98. The van der Waals surface area contributed by atoms with E-state index in [1.807, 2.05) is 4.90 Å². The van der Waals surface area contributed by atoms with E-state index in [1.54, 1.807) is 24.3 Å². The Balaban J connectivity index is 1.63. The van der Waals surface area contributed by atoms with Crippen LogP contribution in [0.1, 0.15) is 12.5 Å². The maximum Gasteiger partial charge on any atom is 0.416 e. The van der Waals surface area contributed by atoms with Crippen molar-refractivity contribution in [3.05, 3.63) is 48.0 Å². The first-order valence-electron chi connectivity index (χ1n) is 10.5. The van der Waals surface area contributed by atoms with Crippen LogP contribution in [0.5, 0.6) is 11.5 Å². The molecule has 0 spiro atoms. The van der Waals surface area contributed by atoms with Crippen molar-refractivity contribution in [2.24, 2.45) is 0 Å². The number of esters is 1. The van der Waals surface area contributed by atoms with E-state index in [9.17, 15) is 22.8 Å². The summed E-state index contributed by atoms with van der Waals surface area (Å²) in [5.41, 5.74) is -0.512. The normalized spacial score (nSPS) is 14.8. The van der Waals surface area contributed by atoms with Gasteiger partial charge in [-0.05, 0) is 49.4 Å². The molecule has 0 aromatic heterocycles. The molecule has 0 saturated carbocycles. The summed E-state index contributed by atoms with van der Waals surface area (Å²) in [5, 5.41) is 2.46. The molecule has 1 aliphatic rings. The largest absolute Gasteiger partial charge is 0.497 e. The van der Waals surface area contributed by atoms with Gasteiger partial charge in [-0.15, -0.1) is 0 Å². The molecule has 1 heterocycles. The van der Waals surface area contributed by atoms with Crippen LogP contribution >= 0.6 is 0 Å². The first-order chi connectivity index (χ1) is 16.2. The highest BCUT2D eigenvalue weighted by Crippen LogP contribution is 2.36. The molecule has 0 radical (unpaired) electrons.